The van der Waals surface area contributed by atoms with Crippen molar-refractivity contribution >= 4 is 27.3 Å². The number of fused-ring (bicyclic) bond motifs is 1. The lowest BCUT2D eigenvalue weighted by molar-refractivity contribution is -0.119. The number of hydrazone groups is 1. The molecule has 0 saturated heterocycles. The second-order valence-electron chi connectivity index (χ2n) is 8.45. The molecule has 0 saturated carbocycles. The Morgan fingerprint density at radius 2 is 1.63 bits per heavy atom. The van der Waals surface area contributed by atoms with E-state index < -0.39 is 22.5 Å². The molecule has 0 radical (unpaired) electrons. The number of hydrogen-bond donors (Lipinski definition) is 1. The van der Waals surface area contributed by atoms with Gasteiger partial charge in [0.2, 0.25) is 0 Å². The number of amides is 1. The lowest BCUT2D eigenvalue weighted by Crippen LogP contribution is -2.39. The summed E-state index contributed by atoms with van der Waals surface area (Å²) in [6.07, 6.45) is 0. The van der Waals surface area contributed by atoms with Crippen molar-refractivity contribution in [1.82, 2.24) is 5.43 Å². The molecule has 0 fully saturated rings. The molecular formula is C27H29N3O7S. The van der Waals surface area contributed by atoms with E-state index >= 15 is 0 Å². The van der Waals surface area contributed by atoms with Gasteiger partial charge in [0.1, 0.15) is 19.8 Å². The monoisotopic (exact) mass is 539 g/mol. The van der Waals surface area contributed by atoms with Crippen LogP contribution in [0.1, 0.15) is 18.1 Å². The van der Waals surface area contributed by atoms with Crippen molar-refractivity contribution in [2.45, 2.75) is 18.7 Å². The van der Waals surface area contributed by atoms with Crippen molar-refractivity contribution in [3.8, 4) is 23.0 Å². The average molecular weight is 540 g/mol. The summed E-state index contributed by atoms with van der Waals surface area (Å²) in [5, 5.41) is 4.17. The maximum atomic E-state index is 13.6. The summed E-state index contributed by atoms with van der Waals surface area (Å²) in [5.74, 6) is 1.35. The third kappa shape index (κ3) is 5.83. The molecule has 200 valence electrons. The highest BCUT2D eigenvalue weighted by molar-refractivity contribution is 7.92. The molecule has 0 unspecified atom stereocenters. The number of hydrogen-bond acceptors (Lipinski definition) is 8. The third-order valence-electron chi connectivity index (χ3n) is 5.86. The van der Waals surface area contributed by atoms with E-state index in [2.05, 4.69) is 10.5 Å². The van der Waals surface area contributed by atoms with Crippen molar-refractivity contribution in [3.05, 3.63) is 71.8 Å². The number of methoxy groups -OCH3 is 2. The van der Waals surface area contributed by atoms with Crippen LogP contribution < -0.4 is 28.7 Å². The molecule has 0 aromatic heterocycles. The first-order valence-corrected chi connectivity index (χ1v) is 13.2. The standard InChI is InChI=1S/C27H29N3O7S/c1-18-5-9-22(10-6-18)38(32,33)30(21-8-12-23(34-3)25(16-21)35-4)17-27(31)29-28-19(2)20-7-11-24-26(15-20)37-14-13-36-24/h5-12,15-16H,13-14,17H2,1-4H3,(H,29,31)/b28-19-. The Morgan fingerprint density at radius 3 is 2.32 bits per heavy atom. The quantitative estimate of drug-likeness (QED) is 0.327. The summed E-state index contributed by atoms with van der Waals surface area (Å²) in [4.78, 5) is 13.0. The second-order valence-corrected chi connectivity index (χ2v) is 10.3. The Kier molecular flexibility index (Phi) is 8.06. The van der Waals surface area contributed by atoms with Crippen LogP contribution in [0.25, 0.3) is 0 Å². The van der Waals surface area contributed by atoms with Gasteiger partial charge in [-0.2, -0.15) is 5.10 Å². The fraction of sp³-hybridized carbons (Fsp3) is 0.259. The van der Waals surface area contributed by atoms with E-state index in [1.807, 2.05) is 6.92 Å². The van der Waals surface area contributed by atoms with E-state index in [1.54, 1.807) is 49.4 Å². The molecule has 1 amide bonds. The fourth-order valence-corrected chi connectivity index (χ4v) is 5.19. The summed E-state index contributed by atoms with van der Waals surface area (Å²) in [7, 11) is -1.19. The minimum atomic E-state index is -4.11. The lowest BCUT2D eigenvalue weighted by Gasteiger charge is -2.24. The van der Waals surface area contributed by atoms with Gasteiger partial charge in [-0.25, -0.2) is 13.8 Å². The molecule has 1 aliphatic rings. The van der Waals surface area contributed by atoms with Crippen LogP contribution in [0, 0.1) is 6.92 Å². The third-order valence-corrected chi connectivity index (χ3v) is 7.65. The average Bonchev–Trinajstić information content (AvgIpc) is 2.94. The molecule has 0 aliphatic carbocycles. The molecule has 3 aromatic carbocycles. The summed E-state index contributed by atoms with van der Waals surface area (Å²) < 4.78 is 50.0. The van der Waals surface area contributed by atoms with Gasteiger partial charge in [-0.05, 0) is 56.3 Å². The first-order chi connectivity index (χ1) is 18.2. The van der Waals surface area contributed by atoms with E-state index in [-0.39, 0.29) is 10.6 Å². The predicted molar refractivity (Wildman–Crippen MR) is 143 cm³/mol. The van der Waals surface area contributed by atoms with Crippen LogP contribution in [0.3, 0.4) is 0 Å². The van der Waals surface area contributed by atoms with E-state index in [0.717, 1.165) is 15.4 Å². The van der Waals surface area contributed by atoms with Crippen LogP contribution >= 0.6 is 0 Å². The van der Waals surface area contributed by atoms with Crippen molar-refractivity contribution < 1.29 is 32.2 Å². The second kappa shape index (κ2) is 11.4. The molecule has 3 aromatic rings. The van der Waals surface area contributed by atoms with Crippen LogP contribution in [0.2, 0.25) is 0 Å². The molecule has 0 atom stereocenters. The molecule has 4 rings (SSSR count). The minimum absolute atomic E-state index is 0.0432. The number of nitrogens with zero attached hydrogens (tertiary/aromatic N) is 2. The number of aryl methyl sites for hydroxylation is 1. The van der Waals surface area contributed by atoms with Crippen LogP contribution in [-0.2, 0) is 14.8 Å². The van der Waals surface area contributed by atoms with E-state index in [0.29, 0.717) is 41.9 Å². The largest absolute Gasteiger partial charge is 0.493 e. The topological polar surface area (TPSA) is 116 Å². The fourth-order valence-electron chi connectivity index (χ4n) is 3.78. The SMILES string of the molecule is COc1ccc(N(CC(=O)N/N=C(/C)c2ccc3c(c2)OCCO3)S(=O)(=O)c2ccc(C)cc2)cc1OC. The van der Waals surface area contributed by atoms with Crippen LogP contribution in [0.15, 0.2) is 70.7 Å². The van der Waals surface area contributed by atoms with E-state index in [9.17, 15) is 13.2 Å². The first-order valence-electron chi connectivity index (χ1n) is 11.8. The highest BCUT2D eigenvalue weighted by Crippen LogP contribution is 2.34. The van der Waals surface area contributed by atoms with Gasteiger partial charge in [-0.15, -0.1) is 0 Å². The summed E-state index contributed by atoms with van der Waals surface area (Å²) >= 11 is 0. The Labute approximate surface area is 221 Å². The van der Waals surface area contributed by atoms with Crippen molar-refractivity contribution in [2.24, 2.45) is 5.10 Å². The number of ether oxygens (including phenoxy) is 4. The summed E-state index contributed by atoms with van der Waals surface area (Å²) in [6, 6.07) is 16.4. The van der Waals surface area contributed by atoms with E-state index in [1.165, 1.54) is 32.4 Å². The van der Waals surface area contributed by atoms with Crippen molar-refractivity contribution in [1.29, 1.82) is 0 Å². The number of anilines is 1. The molecule has 10 nitrogen and oxygen atoms in total. The molecule has 38 heavy (non-hydrogen) atoms. The van der Waals surface area contributed by atoms with Crippen LogP contribution in [-0.4, -0.2) is 54.0 Å². The molecule has 1 heterocycles. The maximum absolute atomic E-state index is 13.6. The van der Waals surface area contributed by atoms with E-state index in [4.69, 9.17) is 18.9 Å². The van der Waals surface area contributed by atoms with Gasteiger partial charge in [0, 0.05) is 11.6 Å². The zero-order valence-electron chi connectivity index (χ0n) is 21.6. The Balaban J connectivity index is 1.61. The molecular weight excluding hydrogens is 510 g/mol. The normalized spacial score (nSPS) is 13.0. The summed E-state index contributed by atoms with van der Waals surface area (Å²) in [6.45, 7) is 3.99. The van der Waals surface area contributed by atoms with Gasteiger partial charge < -0.3 is 18.9 Å². The zero-order valence-corrected chi connectivity index (χ0v) is 22.4. The van der Waals surface area contributed by atoms with Crippen LogP contribution in [0.4, 0.5) is 5.69 Å². The highest BCUT2D eigenvalue weighted by Gasteiger charge is 2.28. The van der Waals surface area contributed by atoms with Gasteiger partial charge in [0.15, 0.2) is 23.0 Å². The van der Waals surface area contributed by atoms with Crippen LogP contribution in [0.5, 0.6) is 23.0 Å². The zero-order chi connectivity index (χ0) is 27.3. The lowest BCUT2D eigenvalue weighted by atomic mass is 10.1. The number of carbonyl (C=O) groups is 1. The van der Waals surface area contributed by atoms with Crippen molar-refractivity contribution in [3.63, 3.8) is 0 Å². The van der Waals surface area contributed by atoms with Gasteiger partial charge >= 0.3 is 0 Å². The number of benzene rings is 3. The Morgan fingerprint density at radius 1 is 0.947 bits per heavy atom. The highest BCUT2D eigenvalue weighted by atomic mass is 32.2. The number of carbonyl (C=O) groups excluding carboxylic acids is 1. The van der Waals surface area contributed by atoms with Gasteiger partial charge in [0.05, 0.1) is 30.5 Å². The summed E-state index contributed by atoms with van der Waals surface area (Å²) in [5.41, 5.74) is 4.82. The molecule has 1 aliphatic heterocycles. The van der Waals surface area contributed by atoms with Gasteiger partial charge in [0.25, 0.3) is 15.9 Å². The Bertz CT molecular complexity index is 1450. The molecule has 1 N–H and O–H groups in total. The molecule has 0 spiro atoms. The molecule has 0 bridgehead atoms. The molecule has 11 heteroatoms. The number of sulfonamides is 1. The van der Waals surface area contributed by atoms with Crippen molar-refractivity contribution in [2.75, 3.05) is 38.3 Å². The number of rotatable bonds is 9. The van der Waals surface area contributed by atoms with Gasteiger partial charge in [-0.3, -0.25) is 9.10 Å². The minimum Gasteiger partial charge on any atom is -0.493 e. The maximum Gasteiger partial charge on any atom is 0.264 e. The predicted octanol–water partition coefficient (Wildman–Crippen LogP) is 3.52. The number of nitrogens with one attached hydrogen (secondary N) is 1. The Hall–Kier alpha value is -4.25. The first kappa shape index (κ1) is 26.8. The van der Waals surface area contributed by atoms with Gasteiger partial charge in [-0.1, -0.05) is 17.7 Å². The smallest absolute Gasteiger partial charge is 0.264 e.